The van der Waals surface area contributed by atoms with Crippen LogP contribution in [0.5, 0.6) is 0 Å². The zero-order valence-electron chi connectivity index (χ0n) is 16.8. The number of aromatic amines is 1. The summed E-state index contributed by atoms with van der Waals surface area (Å²) >= 11 is 6.58. The van der Waals surface area contributed by atoms with Gasteiger partial charge in [-0.2, -0.15) is 0 Å². The molecule has 4 aromatic rings. The second-order valence-corrected chi connectivity index (χ2v) is 8.57. The lowest BCUT2D eigenvalue weighted by Gasteiger charge is -2.34. The fraction of sp³-hybridized carbons (Fsp3) is 0.154. The molecule has 2 unspecified atom stereocenters. The quantitative estimate of drug-likeness (QED) is 0.393. The van der Waals surface area contributed by atoms with E-state index in [1.54, 1.807) is 0 Å². The van der Waals surface area contributed by atoms with Crippen LogP contribution >= 0.6 is 11.6 Å². The van der Waals surface area contributed by atoms with Gasteiger partial charge in [-0.25, -0.2) is 4.99 Å². The number of halogens is 1. The zero-order valence-corrected chi connectivity index (χ0v) is 17.6. The lowest BCUT2D eigenvalue weighted by Crippen LogP contribution is -2.33. The molecule has 0 fully saturated rings. The van der Waals surface area contributed by atoms with Crippen molar-refractivity contribution in [3.05, 3.63) is 101 Å². The Kier molecular flexibility index (Phi) is 4.39. The molecular formula is C26H21ClN4. The molecule has 5 heteroatoms. The Balaban J connectivity index is 1.36. The van der Waals surface area contributed by atoms with Crippen LogP contribution in [0.1, 0.15) is 29.0 Å². The van der Waals surface area contributed by atoms with Crippen LogP contribution in [0.25, 0.3) is 10.9 Å². The number of guanidine groups is 1. The number of fused-ring (bicyclic) bond motifs is 4. The fourth-order valence-corrected chi connectivity index (χ4v) is 5.08. The Morgan fingerprint density at radius 1 is 0.935 bits per heavy atom. The zero-order chi connectivity index (χ0) is 20.8. The first kappa shape index (κ1) is 18.4. The molecule has 0 bridgehead atoms. The van der Waals surface area contributed by atoms with Crippen LogP contribution in [0.4, 0.5) is 5.69 Å². The second-order valence-electron chi connectivity index (χ2n) is 8.16. The fourth-order valence-electron chi connectivity index (χ4n) is 4.82. The molecule has 2 atom stereocenters. The summed E-state index contributed by atoms with van der Waals surface area (Å²) in [5.74, 6) is 1.22. The van der Waals surface area contributed by atoms with Gasteiger partial charge in [0.05, 0.1) is 12.3 Å². The number of aromatic nitrogens is 1. The number of H-pyrrole nitrogens is 1. The summed E-state index contributed by atoms with van der Waals surface area (Å²) in [6.45, 7) is 0.725. The van der Waals surface area contributed by atoms with Crippen molar-refractivity contribution in [1.29, 1.82) is 0 Å². The molecule has 0 amide bonds. The molecule has 31 heavy (non-hydrogen) atoms. The monoisotopic (exact) mass is 424 g/mol. The molecule has 1 aromatic heterocycles. The normalized spacial score (nSPS) is 19.9. The third-order valence-electron chi connectivity index (χ3n) is 6.30. The average Bonchev–Trinajstić information content (AvgIpc) is 3.27. The van der Waals surface area contributed by atoms with Crippen LogP contribution in [0.15, 0.2) is 89.0 Å². The third kappa shape index (κ3) is 3.24. The summed E-state index contributed by atoms with van der Waals surface area (Å²) in [5.41, 5.74) is 6.92. The standard InChI is InChI=1S/C26H21ClN4/c27-23-8-4-3-6-20(23)22-14-17-15-29-26(31-25(17)21-7-2-1-5-19(21)22)30-18-9-10-24-16(13-18)11-12-28-24/h1-13,17,22,28H,14-15H2,(H,29,30). The first-order valence-corrected chi connectivity index (χ1v) is 10.9. The molecule has 2 heterocycles. The van der Waals surface area contributed by atoms with Gasteiger partial charge in [-0.3, -0.25) is 4.99 Å². The Labute approximate surface area is 185 Å². The summed E-state index contributed by atoms with van der Waals surface area (Å²) in [7, 11) is 0. The molecule has 0 radical (unpaired) electrons. The maximum absolute atomic E-state index is 6.58. The van der Waals surface area contributed by atoms with Gasteiger partial charge in [0.15, 0.2) is 0 Å². The maximum Gasteiger partial charge on any atom is 0.222 e. The molecule has 6 rings (SSSR count). The Bertz CT molecular complexity index is 1350. The van der Waals surface area contributed by atoms with Crippen LogP contribution in [0.3, 0.4) is 0 Å². The van der Waals surface area contributed by atoms with E-state index in [1.165, 1.54) is 16.7 Å². The Morgan fingerprint density at radius 2 is 1.77 bits per heavy atom. The molecule has 1 aliphatic carbocycles. The van der Waals surface area contributed by atoms with Crippen molar-refractivity contribution in [1.82, 2.24) is 4.98 Å². The number of hydrogen-bond acceptors (Lipinski definition) is 3. The highest BCUT2D eigenvalue weighted by Gasteiger charge is 2.35. The molecule has 0 saturated heterocycles. The number of nitrogens with one attached hydrogen (secondary N) is 2. The van der Waals surface area contributed by atoms with Crippen molar-refractivity contribution in [3.8, 4) is 0 Å². The van der Waals surface area contributed by atoms with Gasteiger partial charge < -0.3 is 10.3 Å². The molecule has 0 saturated carbocycles. The Morgan fingerprint density at radius 3 is 2.68 bits per heavy atom. The molecule has 4 nitrogen and oxygen atoms in total. The van der Waals surface area contributed by atoms with Crippen molar-refractivity contribution < 1.29 is 0 Å². The maximum atomic E-state index is 6.58. The average molecular weight is 425 g/mol. The van der Waals surface area contributed by atoms with Gasteiger partial charge in [-0.15, -0.1) is 0 Å². The van der Waals surface area contributed by atoms with Gasteiger partial charge >= 0.3 is 0 Å². The van der Waals surface area contributed by atoms with Crippen molar-refractivity contribution in [2.24, 2.45) is 15.9 Å². The van der Waals surface area contributed by atoms with Crippen LogP contribution in [0.2, 0.25) is 5.02 Å². The predicted molar refractivity (Wildman–Crippen MR) is 129 cm³/mol. The van der Waals surface area contributed by atoms with E-state index in [4.69, 9.17) is 21.6 Å². The molecule has 152 valence electrons. The highest BCUT2D eigenvalue weighted by Crippen LogP contribution is 2.42. The highest BCUT2D eigenvalue weighted by atomic mass is 35.5. The van der Waals surface area contributed by atoms with Crippen molar-refractivity contribution in [3.63, 3.8) is 0 Å². The van der Waals surface area contributed by atoms with E-state index in [1.807, 2.05) is 18.3 Å². The summed E-state index contributed by atoms with van der Waals surface area (Å²) < 4.78 is 0. The minimum Gasteiger partial charge on any atom is -0.361 e. The number of hydrogen-bond donors (Lipinski definition) is 2. The van der Waals surface area contributed by atoms with Crippen molar-refractivity contribution in [2.75, 3.05) is 11.9 Å². The number of rotatable bonds is 2. The van der Waals surface area contributed by atoms with Crippen LogP contribution < -0.4 is 5.32 Å². The molecule has 3 aromatic carbocycles. The van der Waals surface area contributed by atoms with Gasteiger partial charge in [-0.1, -0.05) is 54.1 Å². The van der Waals surface area contributed by atoms with Gasteiger partial charge in [0, 0.05) is 45.2 Å². The minimum absolute atomic E-state index is 0.259. The van der Waals surface area contributed by atoms with E-state index < -0.39 is 0 Å². The molecule has 2 N–H and O–H groups in total. The van der Waals surface area contributed by atoms with Gasteiger partial charge in [0.2, 0.25) is 5.96 Å². The van der Waals surface area contributed by atoms with E-state index >= 15 is 0 Å². The van der Waals surface area contributed by atoms with Gasteiger partial charge in [0.1, 0.15) is 0 Å². The largest absolute Gasteiger partial charge is 0.361 e. The smallest absolute Gasteiger partial charge is 0.222 e. The summed E-state index contributed by atoms with van der Waals surface area (Å²) in [5, 5.41) is 5.39. The van der Waals surface area contributed by atoms with E-state index in [0.29, 0.717) is 5.96 Å². The Hall–Kier alpha value is -3.37. The van der Waals surface area contributed by atoms with E-state index in [9.17, 15) is 0 Å². The van der Waals surface area contributed by atoms with Crippen molar-refractivity contribution in [2.45, 2.75) is 12.3 Å². The first-order chi connectivity index (χ1) is 15.3. The van der Waals surface area contributed by atoms with Gasteiger partial charge in [0.25, 0.3) is 0 Å². The first-order valence-electron chi connectivity index (χ1n) is 10.6. The number of anilines is 1. The third-order valence-corrected chi connectivity index (χ3v) is 6.64. The number of aliphatic imine (C=N–C) groups is 2. The van der Waals surface area contributed by atoms with Crippen LogP contribution in [0, 0.1) is 5.92 Å². The summed E-state index contributed by atoms with van der Waals surface area (Å²) in [6, 6.07) is 25.1. The van der Waals surface area contributed by atoms with Crippen LogP contribution in [-0.4, -0.2) is 23.2 Å². The van der Waals surface area contributed by atoms with Crippen molar-refractivity contribution >= 4 is 39.9 Å². The molecular weight excluding hydrogens is 404 g/mol. The van der Waals surface area contributed by atoms with E-state index in [2.05, 4.69) is 71.0 Å². The van der Waals surface area contributed by atoms with E-state index in [-0.39, 0.29) is 11.8 Å². The van der Waals surface area contributed by atoms with Crippen LogP contribution in [-0.2, 0) is 0 Å². The highest BCUT2D eigenvalue weighted by molar-refractivity contribution is 6.31. The number of nitrogens with zero attached hydrogens (tertiary/aromatic N) is 2. The predicted octanol–water partition coefficient (Wildman–Crippen LogP) is 6.24. The second kappa shape index (κ2) is 7.40. The molecule has 2 aliphatic rings. The number of benzene rings is 3. The lowest BCUT2D eigenvalue weighted by atomic mass is 9.72. The lowest BCUT2D eigenvalue weighted by molar-refractivity contribution is 0.564. The topological polar surface area (TPSA) is 52.5 Å². The molecule has 1 aliphatic heterocycles. The summed E-state index contributed by atoms with van der Waals surface area (Å²) in [6.07, 6.45) is 2.91. The minimum atomic E-state index is 0.259. The summed E-state index contributed by atoms with van der Waals surface area (Å²) in [4.78, 5) is 13.0. The van der Waals surface area contributed by atoms with E-state index in [0.717, 1.165) is 40.3 Å². The SMILES string of the molecule is Clc1ccccc1C1CC2CN=C(Nc3ccc4[nH]ccc4c3)N=C2c2ccccc21. The van der Waals surface area contributed by atoms with Gasteiger partial charge in [-0.05, 0) is 47.9 Å². The molecule has 0 spiro atoms.